The predicted molar refractivity (Wildman–Crippen MR) is 79.8 cm³/mol. The van der Waals surface area contributed by atoms with Crippen molar-refractivity contribution in [1.29, 1.82) is 0 Å². The summed E-state index contributed by atoms with van der Waals surface area (Å²) in [7, 11) is 0. The van der Waals surface area contributed by atoms with Crippen LogP contribution in [0.3, 0.4) is 0 Å². The molecule has 20 heavy (non-hydrogen) atoms. The Morgan fingerprint density at radius 2 is 2.00 bits per heavy atom. The highest BCUT2D eigenvalue weighted by Gasteiger charge is 2.10. The molecule has 0 saturated carbocycles. The van der Waals surface area contributed by atoms with Crippen LogP contribution in [0.4, 0.5) is 4.39 Å². The van der Waals surface area contributed by atoms with Crippen molar-refractivity contribution in [3.63, 3.8) is 0 Å². The molecular weight excluding hydrogens is 279 g/mol. The van der Waals surface area contributed by atoms with Crippen LogP contribution in [-0.4, -0.2) is 24.7 Å². The lowest BCUT2D eigenvalue weighted by molar-refractivity contribution is -0.0163. The van der Waals surface area contributed by atoms with Crippen molar-refractivity contribution in [2.75, 3.05) is 19.1 Å². The summed E-state index contributed by atoms with van der Waals surface area (Å²) < 4.78 is 24.4. The molecule has 0 amide bonds. The Morgan fingerprint density at radius 3 is 2.65 bits per heavy atom. The highest BCUT2D eigenvalue weighted by Crippen LogP contribution is 2.19. The summed E-state index contributed by atoms with van der Waals surface area (Å²) >= 11 is 5.56. The van der Waals surface area contributed by atoms with Gasteiger partial charge in [-0.15, -0.1) is 11.6 Å². The molecule has 4 heteroatoms. The standard InChI is InChI=1S/C16H20ClFO2/c1-16(2,3)20-11-10-19-15-8-7-14(18)12-13(15)6-4-5-9-17/h7-8,12H,5,9-11H2,1-3H3. The maximum Gasteiger partial charge on any atom is 0.135 e. The maximum absolute atomic E-state index is 13.2. The molecular formula is C16H20ClFO2. The average molecular weight is 299 g/mol. The van der Waals surface area contributed by atoms with Gasteiger partial charge in [-0.05, 0) is 39.0 Å². The minimum Gasteiger partial charge on any atom is -0.490 e. The second kappa shape index (κ2) is 8.14. The Hall–Kier alpha value is -1.24. The molecule has 0 bridgehead atoms. The highest BCUT2D eigenvalue weighted by molar-refractivity contribution is 6.18. The van der Waals surface area contributed by atoms with Crippen LogP contribution in [0.1, 0.15) is 32.8 Å². The third-order valence-electron chi connectivity index (χ3n) is 2.26. The number of halogens is 2. The SMILES string of the molecule is CC(C)(C)OCCOc1ccc(F)cc1C#CCCCl. The van der Waals surface area contributed by atoms with Crippen molar-refractivity contribution >= 4 is 11.6 Å². The molecule has 0 saturated heterocycles. The zero-order valence-electron chi connectivity index (χ0n) is 12.1. The molecule has 0 aliphatic rings. The zero-order valence-corrected chi connectivity index (χ0v) is 12.9. The number of ether oxygens (including phenoxy) is 2. The van der Waals surface area contributed by atoms with Gasteiger partial charge >= 0.3 is 0 Å². The van der Waals surface area contributed by atoms with E-state index in [4.69, 9.17) is 21.1 Å². The van der Waals surface area contributed by atoms with E-state index in [2.05, 4.69) is 11.8 Å². The maximum atomic E-state index is 13.2. The van der Waals surface area contributed by atoms with E-state index < -0.39 is 0 Å². The molecule has 0 aliphatic heterocycles. The van der Waals surface area contributed by atoms with Gasteiger partial charge in [0.1, 0.15) is 18.2 Å². The first-order valence-corrected chi connectivity index (χ1v) is 7.07. The molecule has 1 aromatic carbocycles. The van der Waals surface area contributed by atoms with Gasteiger partial charge in [0.25, 0.3) is 0 Å². The molecule has 0 aromatic heterocycles. The Labute approximate surface area is 125 Å². The lowest BCUT2D eigenvalue weighted by Gasteiger charge is -2.19. The summed E-state index contributed by atoms with van der Waals surface area (Å²) in [5.41, 5.74) is 0.334. The fourth-order valence-corrected chi connectivity index (χ4v) is 1.52. The fraction of sp³-hybridized carbons (Fsp3) is 0.500. The van der Waals surface area contributed by atoms with Crippen molar-refractivity contribution in [2.24, 2.45) is 0 Å². The summed E-state index contributed by atoms with van der Waals surface area (Å²) in [6.07, 6.45) is 0.560. The Kier molecular flexibility index (Phi) is 6.84. The first-order valence-electron chi connectivity index (χ1n) is 6.53. The first kappa shape index (κ1) is 16.8. The van der Waals surface area contributed by atoms with Gasteiger partial charge < -0.3 is 9.47 Å². The Balaban J connectivity index is 2.63. The molecule has 0 spiro atoms. The molecule has 0 N–H and O–H groups in total. The molecule has 2 nitrogen and oxygen atoms in total. The fourth-order valence-electron chi connectivity index (χ4n) is 1.43. The van der Waals surface area contributed by atoms with Gasteiger partial charge in [0.2, 0.25) is 0 Å². The van der Waals surface area contributed by atoms with Crippen molar-refractivity contribution in [1.82, 2.24) is 0 Å². The minimum atomic E-state index is -0.335. The third kappa shape index (κ3) is 6.79. The largest absolute Gasteiger partial charge is 0.490 e. The van der Waals surface area contributed by atoms with Gasteiger partial charge in [0.05, 0.1) is 17.8 Å². The molecule has 0 fully saturated rings. The second-order valence-electron chi connectivity index (χ2n) is 5.19. The minimum absolute atomic E-state index is 0.199. The van der Waals surface area contributed by atoms with Crippen LogP contribution in [0.2, 0.25) is 0 Å². The Morgan fingerprint density at radius 1 is 1.25 bits per heavy atom. The predicted octanol–water partition coefficient (Wildman–Crippen LogP) is 4.00. The van der Waals surface area contributed by atoms with E-state index in [0.717, 1.165) is 0 Å². The van der Waals surface area contributed by atoms with E-state index in [1.807, 2.05) is 20.8 Å². The summed E-state index contributed by atoms with van der Waals surface area (Å²) in [5.74, 6) is 6.43. The van der Waals surface area contributed by atoms with Crippen LogP contribution in [0.25, 0.3) is 0 Å². The van der Waals surface area contributed by atoms with Crippen LogP contribution >= 0.6 is 11.6 Å². The van der Waals surface area contributed by atoms with E-state index in [1.165, 1.54) is 12.1 Å². The van der Waals surface area contributed by atoms with E-state index in [9.17, 15) is 4.39 Å². The molecule has 0 heterocycles. The summed E-state index contributed by atoms with van der Waals surface area (Å²) in [4.78, 5) is 0. The van der Waals surface area contributed by atoms with Gasteiger partial charge in [-0.3, -0.25) is 0 Å². The lowest BCUT2D eigenvalue weighted by atomic mass is 10.2. The van der Waals surface area contributed by atoms with Gasteiger partial charge in [0, 0.05) is 12.3 Å². The van der Waals surface area contributed by atoms with Gasteiger partial charge in [0.15, 0.2) is 0 Å². The quantitative estimate of drug-likeness (QED) is 0.465. The molecule has 110 valence electrons. The number of hydrogen-bond donors (Lipinski definition) is 0. The van der Waals surface area contributed by atoms with Gasteiger partial charge in [-0.2, -0.15) is 0 Å². The van der Waals surface area contributed by atoms with Crippen LogP contribution in [0.5, 0.6) is 5.75 Å². The number of rotatable bonds is 5. The smallest absolute Gasteiger partial charge is 0.135 e. The average Bonchev–Trinajstić information content (AvgIpc) is 2.36. The highest BCUT2D eigenvalue weighted by atomic mass is 35.5. The lowest BCUT2D eigenvalue weighted by Crippen LogP contribution is -2.22. The van der Waals surface area contributed by atoms with Crippen molar-refractivity contribution in [3.8, 4) is 17.6 Å². The summed E-state index contributed by atoms with van der Waals surface area (Å²) in [6.45, 7) is 6.80. The van der Waals surface area contributed by atoms with Crippen LogP contribution in [-0.2, 0) is 4.74 Å². The van der Waals surface area contributed by atoms with Crippen LogP contribution in [0, 0.1) is 17.7 Å². The number of alkyl halides is 1. The summed E-state index contributed by atoms with van der Waals surface area (Å²) in [6, 6.07) is 4.30. The van der Waals surface area contributed by atoms with Crippen molar-refractivity contribution in [3.05, 3.63) is 29.6 Å². The molecule has 1 rings (SSSR count). The van der Waals surface area contributed by atoms with Crippen LogP contribution < -0.4 is 4.74 Å². The first-order chi connectivity index (χ1) is 9.42. The monoisotopic (exact) mass is 298 g/mol. The second-order valence-corrected chi connectivity index (χ2v) is 5.57. The van der Waals surface area contributed by atoms with E-state index in [-0.39, 0.29) is 11.4 Å². The molecule has 0 unspecified atom stereocenters. The van der Waals surface area contributed by atoms with E-state index in [0.29, 0.717) is 36.8 Å². The third-order valence-corrected chi connectivity index (χ3v) is 2.45. The van der Waals surface area contributed by atoms with Crippen LogP contribution in [0.15, 0.2) is 18.2 Å². The normalized spacial score (nSPS) is 10.8. The number of benzene rings is 1. The van der Waals surface area contributed by atoms with Gasteiger partial charge in [-0.25, -0.2) is 4.39 Å². The Bertz CT molecular complexity index is 483. The summed E-state index contributed by atoms with van der Waals surface area (Å²) in [5, 5.41) is 0. The molecule has 0 atom stereocenters. The van der Waals surface area contributed by atoms with E-state index in [1.54, 1.807) is 6.07 Å². The van der Waals surface area contributed by atoms with Crippen molar-refractivity contribution < 1.29 is 13.9 Å². The zero-order chi connectivity index (χ0) is 15.0. The number of hydrogen-bond acceptors (Lipinski definition) is 2. The molecule has 0 radical (unpaired) electrons. The van der Waals surface area contributed by atoms with Crippen molar-refractivity contribution in [2.45, 2.75) is 32.8 Å². The van der Waals surface area contributed by atoms with Gasteiger partial charge in [-0.1, -0.05) is 11.8 Å². The molecule has 0 aliphatic carbocycles. The molecule has 1 aromatic rings. The van der Waals surface area contributed by atoms with E-state index >= 15 is 0 Å². The topological polar surface area (TPSA) is 18.5 Å².